The summed E-state index contributed by atoms with van der Waals surface area (Å²) in [5, 5.41) is 4.28. The molecule has 2 aromatic heterocycles. The van der Waals surface area contributed by atoms with E-state index in [0.29, 0.717) is 18.2 Å². The molecule has 0 radical (unpaired) electrons. The van der Waals surface area contributed by atoms with Gasteiger partial charge in [0.15, 0.2) is 0 Å². The molecular formula is C15H21N5O. The fraction of sp³-hybridized carbons (Fsp3) is 0.533. The molecule has 0 fully saturated rings. The van der Waals surface area contributed by atoms with Crippen molar-refractivity contribution in [2.24, 2.45) is 13.0 Å². The Morgan fingerprint density at radius 3 is 2.76 bits per heavy atom. The molecule has 0 saturated carbocycles. The van der Waals surface area contributed by atoms with Crippen molar-refractivity contribution in [3.05, 3.63) is 35.7 Å². The van der Waals surface area contributed by atoms with E-state index < -0.39 is 0 Å². The van der Waals surface area contributed by atoms with E-state index in [4.69, 9.17) is 0 Å². The molecule has 1 unspecified atom stereocenters. The van der Waals surface area contributed by atoms with Crippen LogP contribution in [0, 0.1) is 12.8 Å². The first kappa shape index (κ1) is 13.9. The van der Waals surface area contributed by atoms with Crippen molar-refractivity contribution in [2.45, 2.75) is 33.4 Å². The fourth-order valence-corrected chi connectivity index (χ4v) is 3.11. The van der Waals surface area contributed by atoms with Crippen LogP contribution in [0.15, 0.2) is 18.5 Å². The maximum atomic E-state index is 12.9. The van der Waals surface area contributed by atoms with Crippen molar-refractivity contribution in [3.8, 4) is 0 Å². The summed E-state index contributed by atoms with van der Waals surface area (Å²) in [5.41, 5.74) is 1.50. The van der Waals surface area contributed by atoms with Gasteiger partial charge in [-0.3, -0.25) is 9.48 Å². The molecule has 1 amide bonds. The Morgan fingerprint density at radius 2 is 2.14 bits per heavy atom. The highest BCUT2D eigenvalue weighted by molar-refractivity contribution is 5.93. The lowest BCUT2D eigenvalue weighted by Gasteiger charge is -2.38. The van der Waals surface area contributed by atoms with Crippen LogP contribution in [0.5, 0.6) is 0 Å². The Morgan fingerprint density at radius 1 is 1.38 bits per heavy atom. The zero-order valence-electron chi connectivity index (χ0n) is 12.9. The number of nitrogens with zero attached hydrogens (tertiary/aromatic N) is 5. The van der Waals surface area contributed by atoms with Gasteiger partial charge < -0.3 is 9.47 Å². The fourth-order valence-electron chi connectivity index (χ4n) is 3.11. The lowest BCUT2D eigenvalue weighted by Crippen LogP contribution is -2.44. The standard InChI is InChI=1S/C15H21N5O/c1-10(2)13-14-16-5-6-19(14)7-8-20(13)15(21)12-9-11(3)17-18(12)4/h5-6,9-10,13H,7-8H2,1-4H3. The van der Waals surface area contributed by atoms with Crippen molar-refractivity contribution in [1.82, 2.24) is 24.2 Å². The van der Waals surface area contributed by atoms with Crippen LogP contribution in [-0.4, -0.2) is 36.7 Å². The molecule has 0 aliphatic carbocycles. The number of imidazole rings is 1. The van der Waals surface area contributed by atoms with E-state index in [2.05, 4.69) is 28.5 Å². The SMILES string of the molecule is Cc1cc(C(=O)N2CCn3ccnc3C2C(C)C)n(C)n1. The van der Waals surface area contributed by atoms with Crippen molar-refractivity contribution < 1.29 is 4.79 Å². The third kappa shape index (κ3) is 2.24. The molecule has 0 spiro atoms. The van der Waals surface area contributed by atoms with Crippen molar-refractivity contribution in [3.63, 3.8) is 0 Å². The molecule has 3 rings (SSSR count). The second-order valence-electron chi connectivity index (χ2n) is 5.96. The van der Waals surface area contributed by atoms with Crippen molar-refractivity contribution in [2.75, 3.05) is 6.54 Å². The quantitative estimate of drug-likeness (QED) is 0.846. The van der Waals surface area contributed by atoms with E-state index in [1.165, 1.54) is 0 Å². The van der Waals surface area contributed by atoms with Crippen LogP contribution in [0.1, 0.15) is 41.9 Å². The summed E-state index contributed by atoms with van der Waals surface area (Å²) in [6.07, 6.45) is 3.80. The number of carbonyl (C=O) groups excluding carboxylic acids is 1. The Bertz CT molecular complexity index is 669. The summed E-state index contributed by atoms with van der Waals surface area (Å²) < 4.78 is 3.80. The van der Waals surface area contributed by atoms with Gasteiger partial charge in [0.25, 0.3) is 5.91 Å². The number of fused-ring (bicyclic) bond motifs is 1. The first-order valence-corrected chi connectivity index (χ1v) is 7.31. The van der Waals surface area contributed by atoms with E-state index in [1.807, 2.05) is 37.3 Å². The maximum absolute atomic E-state index is 12.9. The van der Waals surface area contributed by atoms with Gasteiger partial charge in [-0.1, -0.05) is 13.8 Å². The van der Waals surface area contributed by atoms with Gasteiger partial charge in [-0.05, 0) is 18.9 Å². The van der Waals surface area contributed by atoms with Gasteiger partial charge in [0.1, 0.15) is 11.5 Å². The van der Waals surface area contributed by atoms with Crippen LogP contribution in [0.3, 0.4) is 0 Å². The number of aromatic nitrogens is 4. The molecule has 3 heterocycles. The van der Waals surface area contributed by atoms with Crippen molar-refractivity contribution in [1.29, 1.82) is 0 Å². The number of hydrogen-bond donors (Lipinski definition) is 0. The predicted molar refractivity (Wildman–Crippen MR) is 78.8 cm³/mol. The van der Waals surface area contributed by atoms with Crippen LogP contribution in [-0.2, 0) is 13.6 Å². The third-order valence-electron chi connectivity index (χ3n) is 4.04. The Kier molecular flexibility index (Phi) is 3.31. The van der Waals surface area contributed by atoms with Crippen LogP contribution in [0.2, 0.25) is 0 Å². The molecular weight excluding hydrogens is 266 g/mol. The Balaban J connectivity index is 1.98. The predicted octanol–water partition coefficient (Wildman–Crippen LogP) is 1.78. The average molecular weight is 287 g/mol. The highest BCUT2D eigenvalue weighted by Gasteiger charge is 2.35. The number of rotatable bonds is 2. The highest BCUT2D eigenvalue weighted by Crippen LogP contribution is 2.31. The maximum Gasteiger partial charge on any atom is 0.272 e. The molecule has 1 aliphatic heterocycles. The molecule has 21 heavy (non-hydrogen) atoms. The number of amides is 1. The monoisotopic (exact) mass is 287 g/mol. The van der Waals surface area contributed by atoms with Crippen LogP contribution >= 0.6 is 0 Å². The molecule has 6 heteroatoms. The summed E-state index contributed by atoms with van der Waals surface area (Å²) in [6, 6.07) is 1.86. The Hall–Kier alpha value is -2.11. The second-order valence-corrected chi connectivity index (χ2v) is 5.96. The zero-order valence-corrected chi connectivity index (χ0v) is 12.9. The van der Waals surface area contributed by atoms with Gasteiger partial charge in [0, 0.05) is 32.5 Å². The Labute approximate surface area is 124 Å². The number of carbonyl (C=O) groups is 1. The first-order chi connectivity index (χ1) is 9.99. The summed E-state index contributed by atoms with van der Waals surface area (Å²) >= 11 is 0. The summed E-state index contributed by atoms with van der Waals surface area (Å²) in [6.45, 7) is 7.66. The summed E-state index contributed by atoms with van der Waals surface area (Å²) in [7, 11) is 1.81. The lowest BCUT2D eigenvalue weighted by molar-refractivity contribution is 0.0535. The zero-order chi connectivity index (χ0) is 15.1. The molecule has 1 atom stereocenters. The van der Waals surface area contributed by atoms with E-state index in [-0.39, 0.29) is 11.9 Å². The summed E-state index contributed by atoms with van der Waals surface area (Å²) in [5.74, 6) is 1.32. The van der Waals surface area contributed by atoms with Crippen molar-refractivity contribution >= 4 is 5.91 Å². The van der Waals surface area contributed by atoms with E-state index in [9.17, 15) is 4.79 Å². The molecule has 0 N–H and O–H groups in total. The normalized spacial score (nSPS) is 18.1. The van der Waals surface area contributed by atoms with Crippen LogP contribution in [0.25, 0.3) is 0 Å². The van der Waals surface area contributed by atoms with E-state index >= 15 is 0 Å². The molecule has 1 aliphatic rings. The van der Waals surface area contributed by atoms with Gasteiger partial charge in [-0.25, -0.2) is 4.98 Å². The molecule has 2 aromatic rings. The number of aryl methyl sites for hydroxylation is 2. The minimum Gasteiger partial charge on any atom is -0.331 e. The minimum absolute atomic E-state index is 0.0106. The molecule has 0 bridgehead atoms. The largest absolute Gasteiger partial charge is 0.331 e. The molecule has 0 aromatic carbocycles. The smallest absolute Gasteiger partial charge is 0.272 e. The first-order valence-electron chi connectivity index (χ1n) is 7.31. The van der Waals surface area contributed by atoms with Gasteiger partial charge in [-0.15, -0.1) is 0 Å². The molecule has 0 saturated heterocycles. The van der Waals surface area contributed by atoms with Gasteiger partial charge in [-0.2, -0.15) is 5.10 Å². The highest BCUT2D eigenvalue weighted by atomic mass is 16.2. The van der Waals surface area contributed by atoms with E-state index in [0.717, 1.165) is 18.1 Å². The lowest BCUT2D eigenvalue weighted by atomic mass is 9.99. The minimum atomic E-state index is 0.0106. The van der Waals surface area contributed by atoms with E-state index in [1.54, 1.807) is 4.68 Å². The number of hydrogen-bond acceptors (Lipinski definition) is 3. The molecule has 112 valence electrons. The van der Waals surface area contributed by atoms with Gasteiger partial charge in [0.05, 0.1) is 11.7 Å². The van der Waals surface area contributed by atoms with Gasteiger partial charge in [0.2, 0.25) is 0 Å². The van der Waals surface area contributed by atoms with Crippen LogP contribution < -0.4 is 0 Å². The third-order valence-corrected chi connectivity index (χ3v) is 4.04. The summed E-state index contributed by atoms with van der Waals surface area (Å²) in [4.78, 5) is 19.3. The average Bonchev–Trinajstić information content (AvgIpc) is 3.02. The van der Waals surface area contributed by atoms with Gasteiger partial charge >= 0.3 is 0 Å². The molecule has 6 nitrogen and oxygen atoms in total. The van der Waals surface area contributed by atoms with Crippen LogP contribution in [0.4, 0.5) is 0 Å². The second kappa shape index (κ2) is 5.02. The topological polar surface area (TPSA) is 56.0 Å².